The highest BCUT2D eigenvalue weighted by atomic mass is 16.5. The Morgan fingerprint density at radius 2 is 2.15 bits per heavy atom. The predicted molar refractivity (Wildman–Crippen MR) is 90.5 cm³/mol. The van der Waals surface area contributed by atoms with Gasteiger partial charge in [0.25, 0.3) is 5.91 Å². The Morgan fingerprint density at radius 3 is 2.92 bits per heavy atom. The molecule has 0 unspecified atom stereocenters. The maximum atomic E-state index is 12.3. The summed E-state index contributed by atoms with van der Waals surface area (Å²) in [5.41, 5.74) is 1.66. The fourth-order valence-corrected chi connectivity index (χ4v) is 3.24. The molecule has 0 spiro atoms. The molecular weight excluding hydrogens is 340 g/mol. The highest BCUT2D eigenvalue weighted by Crippen LogP contribution is 2.22. The van der Waals surface area contributed by atoms with E-state index in [9.17, 15) is 14.4 Å². The first kappa shape index (κ1) is 18.3. The number of fused-ring (bicyclic) bond motifs is 1. The number of carboxylic acids is 1. The largest absolute Gasteiger partial charge is 0.480 e. The lowest BCUT2D eigenvalue weighted by Gasteiger charge is -2.31. The number of nitrogens with one attached hydrogen (secondary N) is 1. The summed E-state index contributed by atoms with van der Waals surface area (Å²) in [5.74, 6) is -1.32. The summed E-state index contributed by atoms with van der Waals surface area (Å²) in [7, 11) is 0. The first-order valence-electron chi connectivity index (χ1n) is 8.62. The molecule has 26 heavy (non-hydrogen) atoms. The molecule has 2 amide bonds. The number of benzene rings is 1. The zero-order valence-corrected chi connectivity index (χ0v) is 14.3. The van der Waals surface area contributed by atoms with Gasteiger partial charge < -0.3 is 24.8 Å². The van der Waals surface area contributed by atoms with Gasteiger partial charge in [0.05, 0.1) is 18.8 Å². The average molecular weight is 362 g/mol. The molecule has 2 N–H and O–H groups in total. The number of amides is 2. The van der Waals surface area contributed by atoms with Gasteiger partial charge in [0.15, 0.2) is 0 Å². The van der Waals surface area contributed by atoms with Crippen molar-refractivity contribution in [3.8, 4) is 0 Å². The lowest BCUT2D eigenvalue weighted by Crippen LogP contribution is -2.51. The summed E-state index contributed by atoms with van der Waals surface area (Å²) < 4.78 is 10.7. The van der Waals surface area contributed by atoms with Crippen LogP contribution >= 0.6 is 0 Å². The topological polar surface area (TPSA) is 105 Å². The number of nitrogens with zero attached hydrogens (tertiary/aromatic N) is 1. The van der Waals surface area contributed by atoms with Crippen LogP contribution in [0.1, 0.15) is 28.8 Å². The number of carbonyl (C=O) groups excluding carboxylic acids is 2. The van der Waals surface area contributed by atoms with Crippen LogP contribution in [0.2, 0.25) is 0 Å². The van der Waals surface area contributed by atoms with E-state index in [1.165, 1.54) is 0 Å². The fraction of sp³-hybridized carbons (Fsp3) is 0.500. The molecule has 2 heterocycles. The maximum Gasteiger partial charge on any atom is 0.329 e. The second-order valence-corrected chi connectivity index (χ2v) is 6.41. The molecule has 3 rings (SSSR count). The van der Waals surface area contributed by atoms with Crippen molar-refractivity contribution in [1.29, 1.82) is 0 Å². The van der Waals surface area contributed by atoms with Crippen molar-refractivity contribution in [3.63, 3.8) is 0 Å². The van der Waals surface area contributed by atoms with E-state index >= 15 is 0 Å². The van der Waals surface area contributed by atoms with Crippen LogP contribution in [0.15, 0.2) is 24.3 Å². The Balaban J connectivity index is 1.48. The highest BCUT2D eigenvalue weighted by Gasteiger charge is 2.30. The van der Waals surface area contributed by atoms with Gasteiger partial charge in [-0.1, -0.05) is 18.2 Å². The zero-order chi connectivity index (χ0) is 18.5. The van der Waals surface area contributed by atoms with Gasteiger partial charge in [-0.3, -0.25) is 9.59 Å². The molecule has 1 aromatic rings. The highest BCUT2D eigenvalue weighted by molar-refractivity contribution is 5.98. The van der Waals surface area contributed by atoms with E-state index in [0.717, 1.165) is 5.56 Å². The third-order valence-corrected chi connectivity index (χ3v) is 4.57. The standard InChI is InChI=1S/C18H22N2O6/c21-16(19-14-10-25-8-6-15(14)26-11-17(22)23)5-7-20-9-12-3-1-2-4-13(12)18(20)24/h1-4,14-15H,5-11H2,(H,19,21)(H,22,23)/t14-,15+/m1/s1. The predicted octanol–water partition coefficient (Wildman–Crippen LogP) is 0.407. The summed E-state index contributed by atoms with van der Waals surface area (Å²) in [5, 5.41) is 11.6. The van der Waals surface area contributed by atoms with E-state index in [0.29, 0.717) is 31.7 Å². The lowest BCUT2D eigenvalue weighted by atomic mass is 10.1. The van der Waals surface area contributed by atoms with Crippen LogP contribution in [0, 0.1) is 0 Å². The zero-order valence-electron chi connectivity index (χ0n) is 14.3. The molecule has 2 aliphatic rings. The van der Waals surface area contributed by atoms with Gasteiger partial charge in [-0.05, 0) is 18.1 Å². The maximum absolute atomic E-state index is 12.3. The van der Waals surface area contributed by atoms with Crippen LogP contribution in [0.3, 0.4) is 0 Å². The van der Waals surface area contributed by atoms with E-state index in [1.807, 2.05) is 18.2 Å². The van der Waals surface area contributed by atoms with Crippen molar-refractivity contribution in [2.75, 3.05) is 26.4 Å². The average Bonchev–Trinajstić information content (AvgIpc) is 2.95. The summed E-state index contributed by atoms with van der Waals surface area (Å²) >= 11 is 0. The van der Waals surface area contributed by atoms with Crippen LogP contribution in [0.4, 0.5) is 0 Å². The van der Waals surface area contributed by atoms with Crippen LogP contribution < -0.4 is 5.32 Å². The van der Waals surface area contributed by atoms with Crippen LogP contribution in [-0.2, 0) is 25.6 Å². The Morgan fingerprint density at radius 1 is 1.35 bits per heavy atom. The molecule has 1 fully saturated rings. The SMILES string of the molecule is O=C(O)CO[C@H]1CCOC[C@H]1NC(=O)CCN1Cc2ccccc2C1=O. The van der Waals surface area contributed by atoms with Gasteiger partial charge in [-0.15, -0.1) is 0 Å². The normalized spacial score (nSPS) is 22.2. The Labute approximate surface area is 151 Å². The van der Waals surface area contributed by atoms with E-state index in [2.05, 4.69) is 5.32 Å². The van der Waals surface area contributed by atoms with E-state index < -0.39 is 12.6 Å². The van der Waals surface area contributed by atoms with Gasteiger partial charge in [0.2, 0.25) is 5.91 Å². The van der Waals surface area contributed by atoms with Gasteiger partial charge in [-0.2, -0.15) is 0 Å². The molecule has 8 nitrogen and oxygen atoms in total. The summed E-state index contributed by atoms with van der Waals surface area (Å²) in [4.78, 5) is 36.9. The lowest BCUT2D eigenvalue weighted by molar-refractivity contribution is -0.148. The number of rotatable bonds is 7. The minimum absolute atomic E-state index is 0.0583. The van der Waals surface area contributed by atoms with Crippen molar-refractivity contribution in [2.45, 2.75) is 31.5 Å². The second-order valence-electron chi connectivity index (χ2n) is 6.41. The number of aliphatic carboxylic acids is 1. The van der Waals surface area contributed by atoms with E-state index in [-0.39, 0.29) is 37.0 Å². The summed E-state index contributed by atoms with van der Waals surface area (Å²) in [6.45, 7) is 1.19. The molecular formula is C18H22N2O6. The Kier molecular flexibility index (Phi) is 5.85. The van der Waals surface area contributed by atoms with Crippen LogP contribution in [0.25, 0.3) is 0 Å². The van der Waals surface area contributed by atoms with Crippen LogP contribution in [-0.4, -0.2) is 66.3 Å². The van der Waals surface area contributed by atoms with Gasteiger partial charge in [0.1, 0.15) is 6.61 Å². The van der Waals surface area contributed by atoms with E-state index in [4.69, 9.17) is 14.6 Å². The minimum Gasteiger partial charge on any atom is -0.480 e. The van der Waals surface area contributed by atoms with Crippen molar-refractivity contribution >= 4 is 17.8 Å². The summed E-state index contributed by atoms with van der Waals surface area (Å²) in [6, 6.07) is 7.04. The molecule has 0 saturated carbocycles. The molecule has 2 aliphatic heterocycles. The second kappa shape index (κ2) is 8.29. The van der Waals surface area contributed by atoms with Crippen LogP contribution in [0.5, 0.6) is 0 Å². The van der Waals surface area contributed by atoms with Crippen molar-refractivity contribution < 1.29 is 29.0 Å². The van der Waals surface area contributed by atoms with Crippen molar-refractivity contribution in [1.82, 2.24) is 10.2 Å². The molecule has 0 radical (unpaired) electrons. The third-order valence-electron chi connectivity index (χ3n) is 4.57. The minimum atomic E-state index is -1.05. The number of carboxylic acid groups (broad SMARTS) is 1. The van der Waals surface area contributed by atoms with Gasteiger partial charge in [-0.25, -0.2) is 4.79 Å². The molecule has 1 aromatic carbocycles. The number of hydrogen-bond donors (Lipinski definition) is 2. The monoisotopic (exact) mass is 362 g/mol. The van der Waals surface area contributed by atoms with Gasteiger partial charge >= 0.3 is 5.97 Å². The quantitative estimate of drug-likeness (QED) is 0.728. The molecule has 0 bridgehead atoms. The summed E-state index contributed by atoms with van der Waals surface area (Å²) in [6.07, 6.45) is 0.307. The molecule has 0 aliphatic carbocycles. The van der Waals surface area contributed by atoms with E-state index in [1.54, 1.807) is 11.0 Å². The van der Waals surface area contributed by atoms with Gasteiger partial charge in [0, 0.05) is 31.7 Å². The number of ether oxygens (including phenoxy) is 2. The molecule has 8 heteroatoms. The number of carbonyl (C=O) groups is 3. The Bertz CT molecular complexity index is 692. The van der Waals surface area contributed by atoms with Crippen molar-refractivity contribution in [3.05, 3.63) is 35.4 Å². The third kappa shape index (κ3) is 4.39. The van der Waals surface area contributed by atoms with Crippen molar-refractivity contribution in [2.24, 2.45) is 0 Å². The molecule has 2 atom stereocenters. The first-order valence-corrected chi connectivity index (χ1v) is 8.62. The Hall–Kier alpha value is -2.45. The fourth-order valence-electron chi connectivity index (χ4n) is 3.24. The smallest absolute Gasteiger partial charge is 0.329 e. The molecule has 140 valence electrons. The molecule has 1 saturated heterocycles. The first-order chi connectivity index (χ1) is 12.5. The number of hydrogen-bond acceptors (Lipinski definition) is 5. The molecule has 0 aromatic heterocycles.